The monoisotopic (exact) mass is 273 g/mol. The summed E-state index contributed by atoms with van der Waals surface area (Å²) in [6.45, 7) is 4.30. The van der Waals surface area contributed by atoms with E-state index in [2.05, 4.69) is 13.8 Å². The van der Waals surface area contributed by atoms with E-state index in [1.54, 1.807) is 6.07 Å². The third kappa shape index (κ3) is 6.10. The lowest BCUT2D eigenvalue weighted by molar-refractivity contribution is -0.137. The number of halogens is 3. The first-order chi connectivity index (χ1) is 8.79. The van der Waals surface area contributed by atoms with Gasteiger partial charge in [-0.25, -0.2) is 0 Å². The average molecular weight is 273 g/mol. The second-order valence-electron chi connectivity index (χ2n) is 5.49. The summed E-state index contributed by atoms with van der Waals surface area (Å²) in [6.07, 6.45) is -0.789. The van der Waals surface area contributed by atoms with Crippen molar-refractivity contribution in [3.63, 3.8) is 0 Å². The van der Waals surface area contributed by atoms with Crippen LogP contribution in [0.15, 0.2) is 24.3 Å². The van der Waals surface area contributed by atoms with Crippen molar-refractivity contribution < 1.29 is 13.2 Å². The summed E-state index contributed by atoms with van der Waals surface area (Å²) in [6, 6.07) is 5.37. The van der Waals surface area contributed by atoms with Gasteiger partial charge < -0.3 is 5.73 Å². The summed E-state index contributed by atoms with van der Waals surface area (Å²) in [7, 11) is 0. The molecule has 0 aliphatic heterocycles. The van der Waals surface area contributed by atoms with E-state index in [0.717, 1.165) is 25.3 Å². The van der Waals surface area contributed by atoms with Gasteiger partial charge in [-0.1, -0.05) is 44.9 Å². The minimum atomic E-state index is -4.28. The molecule has 108 valence electrons. The minimum Gasteiger partial charge on any atom is -0.327 e. The van der Waals surface area contributed by atoms with E-state index in [4.69, 9.17) is 5.73 Å². The van der Waals surface area contributed by atoms with Gasteiger partial charge >= 0.3 is 6.18 Å². The number of hydrogen-bond donors (Lipinski definition) is 1. The smallest absolute Gasteiger partial charge is 0.327 e. The Labute approximate surface area is 113 Å². The zero-order valence-corrected chi connectivity index (χ0v) is 11.5. The van der Waals surface area contributed by atoms with Gasteiger partial charge in [-0.2, -0.15) is 13.2 Å². The Balaban J connectivity index is 2.52. The minimum absolute atomic E-state index is 0.0674. The fourth-order valence-corrected chi connectivity index (χ4v) is 2.07. The molecule has 19 heavy (non-hydrogen) atoms. The molecule has 1 aromatic rings. The number of hydrogen-bond acceptors (Lipinski definition) is 1. The van der Waals surface area contributed by atoms with Crippen molar-refractivity contribution in [2.75, 3.05) is 0 Å². The Bertz CT molecular complexity index is 385. The Morgan fingerprint density at radius 2 is 1.84 bits per heavy atom. The van der Waals surface area contributed by atoms with Crippen molar-refractivity contribution in [1.82, 2.24) is 0 Å². The first-order valence-electron chi connectivity index (χ1n) is 6.70. The summed E-state index contributed by atoms with van der Waals surface area (Å²) in [4.78, 5) is 0. The molecule has 4 heteroatoms. The highest BCUT2D eigenvalue weighted by molar-refractivity contribution is 5.26. The second-order valence-corrected chi connectivity index (χ2v) is 5.49. The van der Waals surface area contributed by atoms with Crippen LogP contribution in [0.1, 0.15) is 44.2 Å². The van der Waals surface area contributed by atoms with E-state index < -0.39 is 11.7 Å². The molecular formula is C15H22F3N. The summed E-state index contributed by atoms with van der Waals surface area (Å²) < 4.78 is 37.7. The molecule has 2 N–H and O–H groups in total. The Morgan fingerprint density at radius 1 is 1.16 bits per heavy atom. The molecule has 1 aromatic carbocycles. The molecule has 0 aliphatic carbocycles. The maximum Gasteiger partial charge on any atom is 0.416 e. The van der Waals surface area contributed by atoms with Gasteiger partial charge in [-0.3, -0.25) is 0 Å². The second kappa shape index (κ2) is 6.94. The molecule has 0 saturated heterocycles. The lowest BCUT2D eigenvalue weighted by atomic mass is 9.98. The first-order valence-corrected chi connectivity index (χ1v) is 6.70. The number of alkyl halides is 3. The standard InChI is InChI=1S/C15H22F3N/c1-11(2)5-3-8-14(19)10-12-6-4-7-13(9-12)15(16,17)18/h4,6-7,9,11,14H,3,5,8,10,19H2,1-2H3. The van der Waals surface area contributed by atoms with Gasteiger partial charge in [0.25, 0.3) is 0 Å². The van der Waals surface area contributed by atoms with E-state index >= 15 is 0 Å². The van der Waals surface area contributed by atoms with Crippen LogP contribution in [0.2, 0.25) is 0 Å². The van der Waals surface area contributed by atoms with Crippen molar-refractivity contribution in [2.24, 2.45) is 11.7 Å². The van der Waals surface area contributed by atoms with E-state index in [1.807, 2.05) is 0 Å². The van der Waals surface area contributed by atoms with Crippen LogP contribution in [0.4, 0.5) is 13.2 Å². The van der Waals surface area contributed by atoms with E-state index in [-0.39, 0.29) is 6.04 Å². The fourth-order valence-electron chi connectivity index (χ4n) is 2.07. The quantitative estimate of drug-likeness (QED) is 0.816. The summed E-state index contributed by atoms with van der Waals surface area (Å²) in [5.74, 6) is 0.640. The molecule has 1 atom stereocenters. The average Bonchev–Trinajstić information content (AvgIpc) is 2.27. The molecule has 0 heterocycles. The van der Waals surface area contributed by atoms with Gasteiger partial charge in [-0.05, 0) is 30.4 Å². The predicted molar refractivity (Wildman–Crippen MR) is 71.8 cm³/mol. The van der Waals surface area contributed by atoms with Crippen molar-refractivity contribution in [1.29, 1.82) is 0 Å². The van der Waals surface area contributed by atoms with Gasteiger partial charge in [0.2, 0.25) is 0 Å². The third-order valence-corrected chi connectivity index (χ3v) is 3.11. The van der Waals surface area contributed by atoms with E-state index in [1.165, 1.54) is 12.1 Å². The number of benzene rings is 1. The molecule has 0 saturated carbocycles. The predicted octanol–water partition coefficient (Wildman–Crippen LogP) is 4.40. The van der Waals surface area contributed by atoms with Crippen molar-refractivity contribution in [3.05, 3.63) is 35.4 Å². The maximum absolute atomic E-state index is 12.6. The number of nitrogens with two attached hydrogens (primary N) is 1. The van der Waals surface area contributed by atoms with Crippen LogP contribution < -0.4 is 5.73 Å². The molecule has 1 unspecified atom stereocenters. The molecule has 0 amide bonds. The lowest BCUT2D eigenvalue weighted by Crippen LogP contribution is -2.23. The molecule has 0 fully saturated rings. The van der Waals surface area contributed by atoms with Crippen molar-refractivity contribution in [2.45, 2.75) is 51.7 Å². The molecule has 0 bridgehead atoms. The molecule has 1 nitrogen and oxygen atoms in total. The third-order valence-electron chi connectivity index (χ3n) is 3.11. The van der Waals surface area contributed by atoms with E-state index in [9.17, 15) is 13.2 Å². The van der Waals surface area contributed by atoms with Crippen LogP contribution in [0.25, 0.3) is 0 Å². The maximum atomic E-state index is 12.6. The highest BCUT2D eigenvalue weighted by Crippen LogP contribution is 2.29. The van der Waals surface area contributed by atoms with Crippen molar-refractivity contribution >= 4 is 0 Å². The Kier molecular flexibility index (Phi) is 5.85. The van der Waals surface area contributed by atoms with Crippen LogP contribution in [0.3, 0.4) is 0 Å². The molecule has 0 radical (unpaired) electrons. The van der Waals surface area contributed by atoms with Gasteiger partial charge in [0.15, 0.2) is 0 Å². The molecule has 0 aromatic heterocycles. The zero-order valence-electron chi connectivity index (χ0n) is 11.5. The highest BCUT2D eigenvalue weighted by Gasteiger charge is 2.30. The molecule has 1 rings (SSSR count). The zero-order chi connectivity index (χ0) is 14.5. The van der Waals surface area contributed by atoms with Gasteiger partial charge in [-0.15, -0.1) is 0 Å². The number of rotatable bonds is 6. The van der Waals surface area contributed by atoms with Crippen LogP contribution in [-0.2, 0) is 12.6 Å². The summed E-state index contributed by atoms with van der Waals surface area (Å²) in [5, 5.41) is 0. The van der Waals surface area contributed by atoms with Crippen molar-refractivity contribution in [3.8, 4) is 0 Å². The van der Waals surface area contributed by atoms with Crippen LogP contribution >= 0.6 is 0 Å². The topological polar surface area (TPSA) is 26.0 Å². The summed E-state index contributed by atoms with van der Waals surface area (Å²) >= 11 is 0. The normalized spacial score (nSPS) is 13.8. The van der Waals surface area contributed by atoms with Gasteiger partial charge in [0.1, 0.15) is 0 Å². The summed E-state index contributed by atoms with van der Waals surface area (Å²) in [5.41, 5.74) is 6.03. The van der Waals surface area contributed by atoms with Crippen LogP contribution in [0.5, 0.6) is 0 Å². The van der Waals surface area contributed by atoms with Gasteiger partial charge in [0, 0.05) is 6.04 Å². The largest absolute Gasteiger partial charge is 0.416 e. The Hall–Kier alpha value is -1.03. The molecular weight excluding hydrogens is 251 g/mol. The Morgan fingerprint density at radius 3 is 2.42 bits per heavy atom. The van der Waals surface area contributed by atoms with Crippen LogP contribution in [-0.4, -0.2) is 6.04 Å². The molecule has 0 aliphatic rings. The SMILES string of the molecule is CC(C)CCCC(N)Cc1cccc(C(F)(F)F)c1. The lowest BCUT2D eigenvalue weighted by Gasteiger charge is -2.14. The molecule has 0 spiro atoms. The van der Waals surface area contributed by atoms with Gasteiger partial charge in [0.05, 0.1) is 5.56 Å². The first kappa shape index (κ1) is 16.0. The highest BCUT2D eigenvalue weighted by atomic mass is 19.4. The van der Waals surface area contributed by atoms with Crippen LogP contribution in [0, 0.1) is 5.92 Å². The van der Waals surface area contributed by atoms with E-state index in [0.29, 0.717) is 17.9 Å². The fraction of sp³-hybridized carbons (Fsp3) is 0.600.